The van der Waals surface area contributed by atoms with Gasteiger partial charge in [-0.15, -0.1) is 0 Å². The maximum absolute atomic E-state index is 12.7. The molecule has 0 aliphatic carbocycles. The molecule has 0 saturated heterocycles. The Morgan fingerprint density at radius 1 is 1.07 bits per heavy atom. The highest BCUT2D eigenvalue weighted by Gasteiger charge is 2.21. The largest absolute Gasteiger partial charge is 0.341 e. The van der Waals surface area contributed by atoms with Gasteiger partial charge in [0.05, 0.1) is 0 Å². The van der Waals surface area contributed by atoms with E-state index in [1.807, 2.05) is 42.5 Å². The number of amides is 1. The number of nitrogens with zero attached hydrogens (tertiary/aromatic N) is 2. The molecular formula is C23H23N3O. The molecule has 1 aliphatic rings. The van der Waals surface area contributed by atoms with Crippen molar-refractivity contribution in [2.75, 3.05) is 16.8 Å². The van der Waals surface area contributed by atoms with Gasteiger partial charge in [-0.05, 0) is 53.8 Å². The minimum absolute atomic E-state index is 0.193. The van der Waals surface area contributed by atoms with Gasteiger partial charge in [0.25, 0.3) is 5.91 Å². The first-order valence-corrected chi connectivity index (χ1v) is 9.34. The van der Waals surface area contributed by atoms with Crippen LogP contribution in [0.4, 0.5) is 17.1 Å². The molecule has 4 rings (SSSR count). The Balaban J connectivity index is 1.53. The van der Waals surface area contributed by atoms with Crippen molar-refractivity contribution in [3.63, 3.8) is 0 Å². The molecule has 1 aromatic heterocycles. The third-order valence-corrected chi connectivity index (χ3v) is 5.01. The normalized spacial score (nSPS) is 12.9. The fraction of sp³-hybridized carbons (Fsp3) is 0.217. The van der Waals surface area contributed by atoms with E-state index in [1.54, 1.807) is 6.20 Å². The Morgan fingerprint density at radius 3 is 2.63 bits per heavy atom. The van der Waals surface area contributed by atoms with Crippen molar-refractivity contribution in [2.24, 2.45) is 0 Å². The van der Waals surface area contributed by atoms with Gasteiger partial charge in [0.15, 0.2) is 0 Å². The fourth-order valence-corrected chi connectivity index (χ4v) is 3.46. The second-order valence-electron chi connectivity index (χ2n) is 7.16. The zero-order valence-electron chi connectivity index (χ0n) is 15.6. The van der Waals surface area contributed by atoms with Gasteiger partial charge in [0, 0.05) is 29.8 Å². The quantitative estimate of drug-likeness (QED) is 0.702. The summed E-state index contributed by atoms with van der Waals surface area (Å²) in [4.78, 5) is 19.2. The van der Waals surface area contributed by atoms with Crippen LogP contribution in [0.3, 0.4) is 0 Å². The highest BCUT2D eigenvalue weighted by Crippen LogP contribution is 2.34. The van der Waals surface area contributed by atoms with Gasteiger partial charge in [0.2, 0.25) is 0 Å². The lowest BCUT2D eigenvalue weighted by atomic mass is 10.0. The Bertz CT molecular complexity index is 963. The summed E-state index contributed by atoms with van der Waals surface area (Å²) in [7, 11) is 0. The maximum atomic E-state index is 12.7. The second-order valence-corrected chi connectivity index (χ2v) is 7.16. The predicted molar refractivity (Wildman–Crippen MR) is 110 cm³/mol. The molecule has 3 aromatic rings. The first-order chi connectivity index (χ1) is 13.1. The van der Waals surface area contributed by atoms with Gasteiger partial charge in [-0.1, -0.05) is 44.2 Å². The molecule has 2 heterocycles. The van der Waals surface area contributed by atoms with E-state index in [1.165, 1.54) is 16.8 Å². The first-order valence-electron chi connectivity index (χ1n) is 9.34. The molecule has 1 aliphatic heterocycles. The zero-order valence-corrected chi connectivity index (χ0v) is 15.6. The second kappa shape index (κ2) is 7.23. The van der Waals surface area contributed by atoms with Gasteiger partial charge in [-0.2, -0.15) is 0 Å². The lowest BCUT2D eigenvalue weighted by Crippen LogP contribution is -2.17. The van der Waals surface area contributed by atoms with Crippen molar-refractivity contribution in [1.82, 2.24) is 4.98 Å². The lowest BCUT2D eigenvalue weighted by Gasteiger charge is -2.20. The number of pyridine rings is 1. The van der Waals surface area contributed by atoms with Crippen LogP contribution >= 0.6 is 0 Å². The van der Waals surface area contributed by atoms with Gasteiger partial charge in [0.1, 0.15) is 5.69 Å². The van der Waals surface area contributed by atoms with Crippen molar-refractivity contribution in [1.29, 1.82) is 0 Å². The number of carbonyl (C=O) groups is 1. The first kappa shape index (κ1) is 17.3. The van der Waals surface area contributed by atoms with Crippen LogP contribution in [0.25, 0.3) is 0 Å². The van der Waals surface area contributed by atoms with E-state index in [0.717, 1.165) is 24.3 Å². The van der Waals surface area contributed by atoms with Crippen molar-refractivity contribution in [2.45, 2.75) is 26.2 Å². The lowest BCUT2D eigenvalue weighted by molar-refractivity contribution is 0.102. The molecule has 0 saturated carbocycles. The summed E-state index contributed by atoms with van der Waals surface area (Å²) in [6.45, 7) is 5.22. The summed E-state index contributed by atoms with van der Waals surface area (Å²) in [6, 6.07) is 20.2. The average Bonchev–Trinajstić information content (AvgIpc) is 3.12. The molecule has 0 fully saturated rings. The van der Waals surface area contributed by atoms with Crippen molar-refractivity contribution >= 4 is 23.0 Å². The third kappa shape index (κ3) is 3.56. The molecule has 4 nitrogen and oxygen atoms in total. The molecule has 27 heavy (non-hydrogen) atoms. The molecule has 0 bridgehead atoms. The molecule has 0 spiro atoms. The number of para-hydroxylation sites is 1. The summed E-state index contributed by atoms with van der Waals surface area (Å²) in [5.74, 6) is 0.276. The molecule has 2 aromatic carbocycles. The topological polar surface area (TPSA) is 45.2 Å². The van der Waals surface area contributed by atoms with E-state index in [0.29, 0.717) is 11.6 Å². The summed E-state index contributed by atoms with van der Waals surface area (Å²) >= 11 is 0. The monoisotopic (exact) mass is 357 g/mol. The number of nitrogens with one attached hydrogen (secondary N) is 1. The molecule has 1 N–H and O–H groups in total. The van der Waals surface area contributed by atoms with E-state index >= 15 is 0 Å². The molecular weight excluding hydrogens is 334 g/mol. The number of carbonyl (C=O) groups excluding carboxylic acids is 1. The van der Waals surface area contributed by atoms with Crippen LogP contribution in [0.2, 0.25) is 0 Å². The fourth-order valence-electron chi connectivity index (χ4n) is 3.46. The van der Waals surface area contributed by atoms with E-state index < -0.39 is 0 Å². The van der Waals surface area contributed by atoms with Crippen LogP contribution in [0.1, 0.15) is 41.4 Å². The Labute approximate surface area is 159 Å². The summed E-state index contributed by atoms with van der Waals surface area (Å²) in [5, 5.41) is 2.94. The van der Waals surface area contributed by atoms with E-state index in [4.69, 9.17) is 0 Å². The molecule has 136 valence electrons. The predicted octanol–water partition coefficient (Wildman–Crippen LogP) is 5.15. The molecule has 0 atom stereocenters. The van der Waals surface area contributed by atoms with E-state index in [-0.39, 0.29) is 5.91 Å². The van der Waals surface area contributed by atoms with Crippen LogP contribution in [-0.4, -0.2) is 17.4 Å². The summed E-state index contributed by atoms with van der Waals surface area (Å²) in [5.41, 5.74) is 5.99. The zero-order chi connectivity index (χ0) is 18.8. The average molecular weight is 357 g/mol. The Hall–Kier alpha value is -3.14. The Morgan fingerprint density at radius 2 is 1.85 bits per heavy atom. The molecule has 0 unspecified atom stereocenters. The van der Waals surface area contributed by atoms with Crippen molar-refractivity contribution in [3.8, 4) is 0 Å². The maximum Gasteiger partial charge on any atom is 0.274 e. The highest BCUT2D eigenvalue weighted by molar-refractivity contribution is 6.03. The Kier molecular flexibility index (Phi) is 4.63. The summed E-state index contributed by atoms with van der Waals surface area (Å²) in [6.07, 6.45) is 2.72. The number of benzene rings is 2. The third-order valence-electron chi connectivity index (χ3n) is 5.01. The van der Waals surface area contributed by atoms with Crippen LogP contribution in [0.15, 0.2) is 66.9 Å². The number of anilines is 3. The van der Waals surface area contributed by atoms with Gasteiger partial charge < -0.3 is 10.2 Å². The van der Waals surface area contributed by atoms with Crippen LogP contribution in [0.5, 0.6) is 0 Å². The van der Waals surface area contributed by atoms with Gasteiger partial charge in [-0.25, -0.2) is 0 Å². The minimum atomic E-state index is -0.193. The van der Waals surface area contributed by atoms with E-state index in [2.05, 4.69) is 47.2 Å². The standard InChI is InChI=1S/C23H23N3O/c1-16(2)17-7-9-19(10-8-17)25-23(27)21-15-20(11-13-24-21)26-14-12-18-5-3-4-6-22(18)26/h3-11,13,15-16H,12,14H2,1-2H3,(H,25,27). The SMILES string of the molecule is CC(C)c1ccc(NC(=O)c2cc(N3CCc4ccccc43)ccn2)cc1. The molecule has 0 radical (unpaired) electrons. The van der Waals surface area contributed by atoms with Crippen LogP contribution < -0.4 is 10.2 Å². The van der Waals surface area contributed by atoms with Crippen LogP contribution in [0, 0.1) is 0 Å². The molecule has 4 heteroatoms. The van der Waals surface area contributed by atoms with Gasteiger partial charge >= 0.3 is 0 Å². The van der Waals surface area contributed by atoms with Gasteiger partial charge in [-0.3, -0.25) is 9.78 Å². The van der Waals surface area contributed by atoms with Crippen LogP contribution in [-0.2, 0) is 6.42 Å². The number of fused-ring (bicyclic) bond motifs is 1. The van der Waals surface area contributed by atoms with E-state index in [9.17, 15) is 4.79 Å². The summed E-state index contributed by atoms with van der Waals surface area (Å²) < 4.78 is 0. The van der Waals surface area contributed by atoms with Crippen molar-refractivity contribution < 1.29 is 4.79 Å². The highest BCUT2D eigenvalue weighted by atomic mass is 16.1. The number of hydrogen-bond donors (Lipinski definition) is 1. The minimum Gasteiger partial charge on any atom is -0.341 e. The number of rotatable bonds is 4. The smallest absolute Gasteiger partial charge is 0.274 e. The number of aromatic nitrogens is 1. The van der Waals surface area contributed by atoms with Crippen molar-refractivity contribution in [3.05, 3.63) is 83.7 Å². The number of hydrogen-bond acceptors (Lipinski definition) is 3. The molecule has 1 amide bonds.